The molecule has 0 saturated heterocycles. The van der Waals surface area contributed by atoms with Gasteiger partial charge in [-0.3, -0.25) is 0 Å². The summed E-state index contributed by atoms with van der Waals surface area (Å²) >= 11 is 0. The molecule has 7 heteroatoms. The van der Waals surface area contributed by atoms with Crippen LogP contribution in [-0.2, 0) is 6.18 Å². The molecular weight excluding hydrogens is 271 g/mol. The molecule has 20 heavy (non-hydrogen) atoms. The Morgan fingerprint density at radius 3 is 2.60 bits per heavy atom. The molecule has 1 aliphatic carbocycles. The van der Waals surface area contributed by atoms with Crippen LogP contribution >= 0.6 is 0 Å². The first-order chi connectivity index (χ1) is 9.34. The van der Waals surface area contributed by atoms with Crippen molar-refractivity contribution in [3.63, 3.8) is 0 Å². The molecule has 1 aliphatic rings. The quantitative estimate of drug-likeness (QED) is 0.857. The van der Waals surface area contributed by atoms with Crippen molar-refractivity contribution in [1.29, 1.82) is 0 Å². The SMILES string of the molecule is CC1CC1c1noc(-c2cc(N)cc(C(F)(F)F)c2)n1. The lowest BCUT2D eigenvalue weighted by Crippen LogP contribution is -2.06. The standard InChI is InChI=1S/C13H12F3N3O/c1-6-2-10(6)11-18-12(20-19-11)7-3-8(13(14,15)16)5-9(17)4-7/h3-6,10H,2,17H2,1H3. The zero-order valence-electron chi connectivity index (χ0n) is 10.6. The third kappa shape index (κ3) is 2.35. The predicted octanol–water partition coefficient (Wildman–Crippen LogP) is 3.46. The Morgan fingerprint density at radius 1 is 1.30 bits per heavy atom. The maximum atomic E-state index is 12.7. The smallest absolute Gasteiger partial charge is 0.399 e. The van der Waals surface area contributed by atoms with Crippen LogP contribution in [0.15, 0.2) is 22.7 Å². The van der Waals surface area contributed by atoms with Crippen LogP contribution in [0.4, 0.5) is 18.9 Å². The number of rotatable bonds is 2. The summed E-state index contributed by atoms with van der Waals surface area (Å²) in [6, 6.07) is 3.23. The number of hydrogen-bond acceptors (Lipinski definition) is 4. The summed E-state index contributed by atoms with van der Waals surface area (Å²) < 4.78 is 43.2. The summed E-state index contributed by atoms with van der Waals surface area (Å²) in [6.45, 7) is 2.06. The third-order valence-corrected chi connectivity index (χ3v) is 3.41. The van der Waals surface area contributed by atoms with Crippen LogP contribution in [0, 0.1) is 5.92 Å². The molecule has 2 atom stereocenters. The van der Waals surface area contributed by atoms with Crippen molar-refractivity contribution in [2.24, 2.45) is 5.92 Å². The zero-order valence-corrected chi connectivity index (χ0v) is 10.6. The molecule has 2 unspecified atom stereocenters. The molecule has 1 fully saturated rings. The highest BCUT2D eigenvalue weighted by Crippen LogP contribution is 2.46. The molecule has 1 aromatic heterocycles. The van der Waals surface area contributed by atoms with Gasteiger partial charge < -0.3 is 10.3 Å². The van der Waals surface area contributed by atoms with Gasteiger partial charge in [-0.15, -0.1) is 0 Å². The van der Waals surface area contributed by atoms with E-state index in [-0.39, 0.29) is 23.1 Å². The summed E-state index contributed by atoms with van der Waals surface area (Å²) in [5.41, 5.74) is 4.87. The number of hydrogen-bond donors (Lipinski definition) is 1. The molecule has 0 aliphatic heterocycles. The molecule has 4 nitrogen and oxygen atoms in total. The number of halogens is 3. The molecule has 0 amide bonds. The lowest BCUT2D eigenvalue weighted by atomic mass is 10.1. The van der Waals surface area contributed by atoms with Crippen LogP contribution in [-0.4, -0.2) is 10.1 Å². The first kappa shape index (κ1) is 13.0. The molecule has 1 heterocycles. The van der Waals surface area contributed by atoms with Crippen LogP contribution < -0.4 is 5.73 Å². The molecule has 0 spiro atoms. The highest BCUT2D eigenvalue weighted by molar-refractivity contribution is 5.62. The Hall–Kier alpha value is -2.05. The highest BCUT2D eigenvalue weighted by Gasteiger charge is 2.38. The molecule has 106 valence electrons. The minimum absolute atomic E-state index is 0.00867. The van der Waals surface area contributed by atoms with Gasteiger partial charge in [-0.25, -0.2) is 0 Å². The second-order valence-electron chi connectivity index (χ2n) is 5.12. The van der Waals surface area contributed by atoms with Gasteiger partial charge in [-0.05, 0) is 30.5 Å². The van der Waals surface area contributed by atoms with Gasteiger partial charge in [0.1, 0.15) is 0 Å². The van der Waals surface area contributed by atoms with Crippen molar-refractivity contribution < 1.29 is 17.7 Å². The topological polar surface area (TPSA) is 64.9 Å². The maximum absolute atomic E-state index is 12.7. The summed E-state index contributed by atoms with van der Waals surface area (Å²) in [6.07, 6.45) is -3.48. The van der Waals surface area contributed by atoms with Gasteiger partial charge in [-0.2, -0.15) is 18.2 Å². The van der Waals surface area contributed by atoms with E-state index >= 15 is 0 Å². The fourth-order valence-electron chi connectivity index (χ4n) is 2.12. The fourth-order valence-corrected chi connectivity index (χ4v) is 2.12. The van der Waals surface area contributed by atoms with E-state index in [1.165, 1.54) is 6.07 Å². The number of nitrogens with two attached hydrogens (primary N) is 1. The second-order valence-corrected chi connectivity index (χ2v) is 5.12. The van der Waals surface area contributed by atoms with Crippen LogP contribution in [0.1, 0.15) is 30.7 Å². The minimum atomic E-state index is -4.46. The van der Waals surface area contributed by atoms with Crippen molar-refractivity contribution in [2.75, 3.05) is 5.73 Å². The summed E-state index contributed by atoms with van der Waals surface area (Å²) in [7, 11) is 0. The van der Waals surface area contributed by atoms with Gasteiger partial charge in [0.15, 0.2) is 5.82 Å². The van der Waals surface area contributed by atoms with Gasteiger partial charge in [0, 0.05) is 17.2 Å². The van der Waals surface area contributed by atoms with E-state index in [2.05, 4.69) is 17.1 Å². The Kier molecular flexibility index (Phi) is 2.74. The number of nitrogens with zero attached hydrogens (tertiary/aromatic N) is 2. The normalized spacial score (nSPS) is 22.0. The van der Waals surface area contributed by atoms with Gasteiger partial charge in [0.2, 0.25) is 0 Å². The van der Waals surface area contributed by atoms with Crippen molar-refractivity contribution >= 4 is 5.69 Å². The predicted molar refractivity (Wildman–Crippen MR) is 65.7 cm³/mol. The van der Waals surface area contributed by atoms with Gasteiger partial charge in [-0.1, -0.05) is 12.1 Å². The zero-order chi connectivity index (χ0) is 14.5. The van der Waals surface area contributed by atoms with Crippen molar-refractivity contribution in [2.45, 2.75) is 25.4 Å². The van der Waals surface area contributed by atoms with Crippen molar-refractivity contribution in [3.05, 3.63) is 29.6 Å². The molecular formula is C13H12F3N3O. The molecule has 1 aromatic carbocycles. The minimum Gasteiger partial charge on any atom is -0.399 e. The Morgan fingerprint density at radius 2 is 2.00 bits per heavy atom. The number of anilines is 1. The van der Waals surface area contributed by atoms with E-state index in [4.69, 9.17) is 10.3 Å². The van der Waals surface area contributed by atoms with E-state index in [1.54, 1.807) is 0 Å². The Labute approximate surface area is 112 Å². The lowest BCUT2D eigenvalue weighted by Gasteiger charge is -2.08. The van der Waals surface area contributed by atoms with Crippen molar-refractivity contribution in [3.8, 4) is 11.5 Å². The molecule has 2 aromatic rings. The monoisotopic (exact) mass is 283 g/mol. The fraction of sp³-hybridized carbons (Fsp3) is 0.385. The molecule has 3 rings (SSSR count). The van der Waals surface area contributed by atoms with Crippen LogP contribution in [0.3, 0.4) is 0 Å². The van der Waals surface area contributed by atoms with Crippen LogP contribution in [0.2, 0.25) is 0 Å². The first-order valence-electron chi connectivity index (χ1n) is 6.16. The second kappa shape index (κ2) is 4.22. The highest BCUT2D eigenvalue weighted by atomic mass is 19.4. The number of benzene rings is 1. The van der Waals surface area contributed by atoms with Gasteiger partial charge >= 0.3 is 6.18 Å². The molecule has 0 bridgehead atoms. The Balaban J connectivity index is 1.97. The third-order valence-electron chi connectivity index (χ3n) is 3.41. The van der Waals surface area contributed by atoms with Gasteiger partial charge in [0.05, 0.1) is 5.56 Å². The number of nitrogen functional groups attached to an aromatic ring is 1. The summed E-state index contributed by atoms with van der Waals surface area (Å²) in [4.78, 5) is 4.16. The molecule has 1 saturated carbocycles. The number of alkyl halides is 3. The van der Waals surface area contributed by atoms with Gasteiger partial charge in [0.25, 0.3) is 5.89 Å². The van der Waals surface area contributed by atoms with Crippen LogP contribution in [0.25, 0.3) is 11.5 Å². The Bertz CT molecular complexity index is 651. The van der Waals surface area contributed by atoms with E-state index in [1.807, 2.05) is 0 Å². The average Bonchev–Trinajstić information content (AvgIpc) is 2.90. The first-order valence-corrected chi connectivity index (χ1v) is 6.16. The average molecular weight is 283 g/mol. The summed E-state index contributed by atoms with van der Waals surface area (Å²) in [5, 5.41) is 3.82. The van der Waals surface area contributed by atoms with Crippen LogP contribution in [0.5, 0.6) is 0 Å². The van der Waals surface area contributed by atoms with E-state index in [9.17, 15) is 13.2 Å². The summed E-state index contributed by atoms with van der Waals surface area (Å²) in [5.74, 6) is 1.35. The maximum Gasteiger partial charge on any atom is 0.416 e. The largest absolute Gasteiger partial charge is 0.416 e. The molecule has 2 N–H and O–H groups in total. The van der Waals surface area contributed by atoms with E-state index in [0.29, 0.717) is 11.7 Å². The van der Waals surface area contributed by atoms with Crippen molar-refractivity contribution in [1.82, 2.24) is 10.1 Å². The van der Waals surface area contributed by atoms with E-state index in [0.717, 1.165) is 18.6 Å². The van der Waals surface area contributed by atoms with E-state index < -0.39 is 11.7 Å². The molecule has 0 radical (unpaired) electrons. The lowest BCUT2D eigenvalue weighted by molar-refractivity contribution is -0.137. The number of aromatic nitrogens is 2.